The second-order valence-corrected chi connectivity index (χ2v) is 4.77. The van der Waals surface area contributed by atoms with E-state index < -0.39 is 12.4 Å². The van der Waals surface area contributed by atoms with Crippen molar-refractivity contribution in [1.29, 1.82) is 0 Å². The van der Waals surface area contributed by atoms with E-state index in [4.69, 9.17) is 0 Å². The number of aromatic nitrogens is 1. The molecular formula is C9H7BrF2INO2. The largest absolute Gasteiger partial charge is 0.469 e. The Hall–Kier alpha value is -0.310. The van der Waals surface area contributed by atoms with Crippen molar-refractivity contribution in [1.82, 2.24) is 4.98 Å². The summed E-state index contributed by atoms with van der Waals surface area (Å²) in [6, 6.07) is 1.45. The molecule has 3 nitrogen and oxygen atoms in total. The molecule has 0 spiro atoms. The van der Waals surface area contributed by atoms with Crippen LogP contribution in [0.5, 0.6) is 0 Å². The molecule has 0 fully saturated rings. The highest BCUT2D eigenvalue weighted by Crippen LogP contribution is 2.30. The van der Waals surface area contributed by atoms with Crippen LogP contribution in [0.3, 0.4) is 0 Å². The Balaban J connectivity index is 3.05. The molecular weight excluding hydrogens is 399 g/mol. The molecule has 1 aromatic heterocycles. The summed E-state index contributed by atoms with van der Waals surface area (Å²) in [6.07, 6.45) is -2.63. The summed E-state index contributed by atoms with van der Waals surface area (Å²) < 4.78 is 30.1. The SMILES string of the molecule is COC(=O)Cc1cc(I)c(C(F)F)c(Br)n1. The quantitative estimate of drug-likeness (QED) is 0.440. The van der Waals surface area contributed by atoms with Gasteiger partial charge < -0.3 is 4.74 Å². The van der Waals surface area contributed by atoms with Gasteiger partial charge in [-0.25, -0.2) is 13.8 Å². The number of methoxy groups -OCH3 is 1. The topological polar surface area (TPSA) is 39.2 Å². The fourth-order valence-corrected chi connectivity index (χ4v) is 2.88. The monoisotopic (exact) mass is 405 g/mol. The van der Waals surface area contributed by atoms with Gasteiger partial charge in [0, 0.05) is 3.57 Å². The van der Waals surface area contributed by atoms with Crippen LogP contribution >= 0.6 is 38.5 Å². The maximum atomic E-state index is 12.6. The standard InChI is InChI=1S/C9H7BrF2INO2/c1-16-6(15)3-4-2-5(13)7(9(11)12)8(10)14-4/h2,9H,3H2,1H3. The van der Waals surface area contributed by atoms with Crippen LogP contribution in [0.25, 0.3) is 0 Å². The van der Waals surface area contributed by atoms with E-state index in [1.165, 1.54) is 13.2 Å². The predicted octanol–water partition coefficient (Wildman–Crippen LogP) is 3.10. The Labute approximate surface area is 113 Å². The minimum absolute atomic E-state index is 0.0331. The fourth-order valence-electron chi connectivity index (χ4n) is 1.05. The molecule has 0 amide bonds. The number of hydrogen-bond donors (Lipinski definition) is 0. The number of ether oxygens (including phenoxy) is 1. The van der Waals surface area contributed by atoms with Gasteiger partial charge in [-0.3, -0.25) is 4.79 Å². The Morgan fingerprint density at radius 3 is 2.75 bits per heavy atom. The molecule has 0 unspecified atom stereocenters. The van der Waals surface area contributed by atoms with E-state index in [1.807, 2.05) is 0 Å². The molecule has 0 aromatic carbocycles. The van der Waals surface area contributed by atoms with Crippen LogP contribution < -0.4 is 0 Å². The average molecular weight is 406 g/mol. The molecule has 0 N–H and O–H groups in total. The van der Waals surface area contributed by atoms with Crippen molar-refractivity contribution in [3.05, 3.63) is 25.5 Å². The highest BCUT2D eigenvalue weighted by Gasteiger charge is 2.18. The lowest BCUT2D eigenvalue weighted by Gasteiger charge is -2.08. The zero-order valence-electron chi connectivity index (χ0n) is 8.14. The smallest absolute Gasteiger partial charge is 0.311 e. The third-order valence-electron chi connectivity index (χ3n) is 1.79. The van der Waals surface area contributed by atoms with Gasteiger partial charge in [0.15, 0.2) is 0 Å². The van der Waals surface area contributed by atoms with E-state index in [0.717, 1.165) is 0 Å². The molecule has 0 aliphatic heterocycles. The number of rotatable bonds is 3. The lowest BCUT2D eigenvalue weighted by atomic mass is 10.2. The van der Waals surface area contributed by atoms with E-state index >= 15 is 0 Å². The maximum Gasteiger partial charge on any atom is 0.311 e. The number of esters is 1. The second kappa shape index (κ2) is 5.85. The van der Waals surface area contributed by atoms with Gasteiger partial charge in [-0.2, -0.15) is 0 Å². The van der Waals surface area contributed by atoms with Crippen LogP contribution in [0.2, 0.25) is 0 Å². The first kappa shape index (κ1) is 13.8. The van der Waals surface area contributed by atoms with Gasteiger partial charge in [0.1, 0.15) is 4.60 Å². The van der Waals surface area contributed by atoms with Crippen molar-refractivity contribution in [3.8, 4) is 0 Å². The maximum absolute atomic E-state index is 12.6. The number of carbonyl (C=O) groups excluding carboxylic acids is 1. The normalized spacial score (nSPS) is 10.6. The third kappa shape index (κ3) is 3.34. The van der Waals surface area contributed by atoms with Crippen LogP contribution in [0, 0.1) is 3.57 Å². The number of nitrogens with zero attached hydrogens (tertiary/aromatic N) is 1. The van der Waals surface area contributed by atoms with E-state index in [-0.39, 0.29) is 16.6 Å². The lowest BCUT2D eigenvalue weighted by molar-refractivity contribution is -0.139. The molecule has 88 valence electrons. The second-order valence-electron chi connectivity index (χ2n) is 2.85. The summed E-state index contributed by atoms with van der Waals surface area (Å²) in [5.74, 6) is -0.458. The van der Waals surface area contributed by atoms with Crippen molar-refractivity contribution >= 4 is 44.5 Å². The third-order valence-corrected chi connectivity index (χ3v) is 3.28. The molecule has 0 bridgehead atoms. The first-order valence-electron chi connectivity index (χ1n) is 4.15. The lowest BCUT2D eigenvalue weighted by Crippen LogP contribution is -2.08. The van der Waals surface area contributed by atoms with Crippen LogP contribution in [-0.4, -0.2) is 18.1 Å². The van der Waals surface area contributed by atoms with Gasteiger partial charge in [0.2, 0.25) is 0 Å². The van der Waals surface area contributed by atoms with Gasteiger partial charge in [-0.15, -0.1) is 0 Å². The Bertz CT molecular complexity index is 391. The van der Waals surface area contributed by atoms with Crippen molar-refractivity contribution in [2.45, 2.75) is 12.8 Å². The van der Waals surface area contributed by atoms with Gasteiger partial charge in [-0.05, 0) is 44.6 Å². The van der Waals surface area contributed by atoms with Crippen molar-refractivity contribution in [3.63, 3.8) is 0 Å². The van der Waals surface area contributed by atoms with E-state index in [2.05, 4.69) is 25.7 Å². The van der Waals surface area contributed by atoms with Gasteiger partial charge >= 0.3 is 5.97 Å². The van der Waals surface area contributed by atoms with Crippen LogP contribution in [0.4, 0.5) is 8.78 Å². The molecule has 0 aliphatic rings. The summed E-state index contributed by atoms with van der Waals surface area (Å²) in [7, 11) is 1.26. The first-order chi connectivity index (χ1) is 7.45. The number of pyridine rings is 1. The Morgan fingerprint density at radius 1 is 1.69 bits per heavy atom. The van der Waals surface area contributed by atoms with Crippen LogP contribution in [0.15, 0.2) is 10.7 Å². The number of alkyl halides is 2. The van der Waals surface area contributed by atoms with Crippen molar-refractivity contribution in [2.75, 3.05) is 7.11 Å². The molecule has 0 aliphatic carbocycles. The van der Waals surface area contributed by atoms with Crippen LogP contribution in [0.1, 0.15) is 17.7 Å². The summed E-state index contributed by atoms with van der Waals surface area (Å²) in [4.78, 5) is 14.9. The van der Waals surface area contributed by atoms with Gasteiger partial charge in [-0.1, -0.05) is 0 Å². The number of halogens is 4. The van der Waals surface area contributed by atoms with Gasteiger partial charge in [0.05, 0.1) is 24.8 Å². The molecule has 1 rings (SSSR count). The Kier molecular flexibility index (Phi) is 5.03. The predicted molar refractivity (Wildman–Crippen MR) is 65.3 cm³/mol. The Morgan fingerprint density at radius 2 is 2.31 bits per heavy atom. The molecule has 0 atom stereocenters. The minimum atomic E-state index is -2.60. The highest BCUT2D eigenvalue weighted by molar-refractivity contribution is 14.1. The highest BCUT2D eigenvalue weighted by atomic mass is 127. The number of carbonyl (C=O) groups is 1. The van der Waals surface area contributed by atoms with Gasteiger partial charge in [0.25, 0.3) is 6.43 Å². The van der Waals surface area contributed by atoms with E-state index in [0.29, 0.717) is 9.26 Å². The molecule has 0 saturated carbocycles. The van der Waals surface area contributed by atoms with Crippen LogP contribution in [-0.2, 0) is 16.0 Å². The summed E-state index contributed by atoms with van der Waals surface area (Å²) in [5.41, 5.74) is 0.238. The fraction of sp³-hybridized carbons (Fsp3) is 0.333. The molecule has 16 heavy (non-hydrogen) atoms. The first-order valence-corrected chi connectivity index (χ1v) is 6.02. The molecule has 7 heteroatoms. The summed E-state index contributed by atoms with van der Waals surface area (Å²) in [5, 5.41) is 0. The zero-order valence-corrected chi connectivity index (χ0v) is 11.9. The summed E-state index contributed by atoms with van der Waals surface area (Å²) in [6.45, 7) is 0. The molecule has 0 radical (unpaired) electrons. The summed E-state index contributed by atoms with van der Waals surface area (Å²) >= 11 is 4.75. The van der Waals surface area contributed by atoms with Crippen molar-refractivity contribution in [2.24, 2.45) is 0 Å². The average Bonchev–Trinajstić information content (AvgIpc) is 2.15. The minimum Gasteiger partial charge on any atom is -0.469 e. The molecule has 1 aromatic rings. The van der Waals surface area contributed by atoms with E-state index in [9.17, 15) is 13.6 Å². The number of hydrogen-bond acceptors (Lipinski definition) is 3. The van der Waals surface area contributed by atoms with E-state index in [1.54, 1.807) is 22.6 Å². The molecule has 1 heterocycles. The molecule has 0 saturated heterocycles. The van der Waals surface area contributed by atoms with Crippen molar-refractivity contribution < 1.29 is 18.3 Å². The zero-order chi connectivity index (χ0) is 12.3.